The van der Waals surface area contributed by atoms with Crippen LogP contribution in [0.2, 0.25) is 0 Å². The van der Waals surface area contributed by atoms with Gasteiger partial charge in [0.15, 0.2) is 11.5 Å². The normalized spacial score (nSPS) is 16.3. The van der Waals surface area contributed by atoms with Crippen LogP contribution in [0.3, 0.4) is 0 Å². The summed E-state index contributed by atoms with van der Waals surface area (Å²) in [5, 5.41) is 6.19. The van der Waals surface area contributed by atoms with Crippen LogP contribution >= 0.6 is 0 Å². The Morgan fingerprint density at radius 1 is 1.08 bits per heavy atom. The summed E-state index contributed by atoms with van der Waals surface area (Å²) < 4.78 is 21.6. The molecule has 1 aliphatic heterocycles. The number of methoxy groups -OCH3 is 4. The molecular weight excluding hydrogens is 312 g/mol. The third-order valence-electron chi connectivity index (χ3n) is 4.44. The Balaban J connectivity index is 2.15. The lowest BCUT2D eigenvalue weighted by molar-refractivity contribution is -0.146. The van der Waals surface area contributed by atoms with Crippen LogP contribution in [0, 0.1) is 0 Å². The predicted octanol–water partition coefficient (Wildman–Crippen LogP) is 1.10. The van der Waals surface area contributed by atoms with E-state index in [9.17, 15) is 4.79 Å². The van der Waals surface area contributed by atoms with Crippen molar-refractivity contribution in [3.05, 3.63) is 17.7 Å². The van der Waals surface area contributed by atoms with E-state index in [4.69, 9.17) is 18.9 Å². The van der Waals surface area contributed by atoms with Gasteiger partial charge in [0.05, 0.1) is 21.3 Å². The van der Waals surface area contributed by atoms with Crippen molar-refractivity contribution in [3.8, 4) is 17.2 Å². The summed E-state index contributed by atoms with van der Waals surface area (Å²) in [6, 6.07) is 3.64. The van der Waals surface area contributed by atoms with Gasteiger partial charge in [-0.25, -0.2) is 0 Å². The van der Waals surface area contributed by atoms with Gasteiger partial charge in [-0.15, -0.1) is 0 Å². The van der Waals surface area contributed by atoms with Crippen LogP contribution in [0.15, 0.2) is 12.1 Å². The SMILES string of the molecule is COc1ccc(CNC(=O)C2(OC)CCNCC2)c(OC)c1OC. The molecule has 0 atom stereocenters. The highest BCUT2D eigenvalue weighted by Crippen LogP contribution is 2.39. The van der Waals surface area contributed by atoms with Crippen LogP contribution in [0.4, 0.5) is 0 Å². The van der Waals surface area contributed by atoms with Crippen LogP contribution < -0.4 is 24.8 Å². The van der Waals surface area contributed by atoms with E-state index in [-0.39, 0.29) is 5.91 Å². The fraction of sp³-hybridized carbons (Fsp3) is 0.588. The highest BCUT2D eigenvalue weighted by atomic mass is 16.5. The third kappa shape index (κ3) is 3.57. The fourth-order valence-corrected chi connectivity index (χ4v) is 2.99. The van der Waals surface area contributed by atoms with E-state index in [1.54, 1.807) is 34.5 Å². The van der Waals surface area contributed by atoms with Crippen molar-refractivity contribution in [1.82, 2.24) is 10.6 Å². The molecule has 0 saturated carbocycles. The monoisotopic (exact) mass is 338 g/mol. The number of amides is 1. The largest absolute Gasteiger partial charge is 0.493 e. The number of nitrogens with one attached hydrogen (secondary N) is 2. The lowest BCUT2D eigenvalue weighted by Gasteiger charge is -2.34. The van der Waals surface area contributed by atoms with Crippen LogP contribution in [-0.2, 0) is 16.1 Å². The van der Waals surface area contributed by atoms with Crippen LogP contribution in [0.5, 0.6) is 17.2 Å². The summed E-state index contributed by atoms with van der Waals surface area (Å²) >= 11 is 0. The predicted molar refractivity (Wildman–Crippen MR) is 89.8 cm³/mol. The lowest BCUT2D eigenvalue weighted by Crippen LogP contribution is -2.53. The third-order valence-corrected chi connectivity index (χ3v) is 4.44. The summed E-state index contributed by atoms with van der Waals surface area (Å²) in [6.45, 7) is 1.85. The average Bonchev–Trinajstić information content (AvgIpc) is 2.65. The topological polar surface area (TPSA) is 78.1 Å². The van der Waals surface area contributed by atoms with Gasteiger partial charge in [0.1, 0.15) is 5.60 Å². The minimum Gasteiger partial charge on any atom is -0.493 e. The first-order chi connectivity index (χ1) is 11.6. The standard InChI is InChI=1S/C17H26N2O5/c1-21-13-6-5-12(14(22-2)15(13)23-3)11-19-16(20)17(24-4)7-9-18-10-8-17/h5-6,18H,7-11H2,1-4H3,(H,19,20). The molecule has 1 fully saturated rings. The van der Waals surface area contributed by atoms with E-state index < -0.39 is 5.60 Å². The van der Waals surface area contributed by atoms with Gasteiger partial charge < -0.3 is 29.6 Å². The molecule has 0 spiro atoms. The first-order valence-corrected chi connectivity index (χ1v) is 7.94. The first kappa shape index (κ1) is 18.4. The van der Waals surface area contributed by atoms with Crippen molar-refractivity contribution in [2.45, 2.75) is 25.0 Å². The van der Waals surface area contributed by atoms with Crippen molar-refractivity contribution in [3.63, 3.8) is 0 Å². The smallest absolute Gasteiger partial charge is 0.252 e. The molecule has 7 heteroatoms. The van der Waals surface area contributed by atoms with Crippen molar-refractivity contribution < 1.29 is 23.7 Å². The van der Waals surface area contributed by atoms with Crippen molar-refractivity contribution in [1.29, 1.82) is 0 Å². The maximum atomic E-state index is 12.6. The molecule has 1 amide bonds. The molecule has 7 nitrogen and oxygen atoms in total. The number of hydrogen-bond acceptors (Lipinski definition) is 6. The Kier molecular flexibility index (Phi) is 6.28. The molecule has 0 unspecified atom stereocenters. The second-order valence-electron chi connectivity index (χ2n) is 5.62. The molecular formula is C17H26N2O5. The highest BCUT2D eigenvalue weighted by Gasteiger charge is 2.39. The number of hydrogen-bond donors (Lipinski definition) is 2. The van der Waals surface area contributed by atoms with Crippen molar-refractivity contribution in [2.24, 2.45) is 0 Å². The first-order valence-electron chi connectivity index (χ1n) is 7.94. The van der Waals surface area contributed by atoms with Gasteiger partial charge in [-0.2, -0.15) is 0 Å². The summed E-state index contributed by atoms with van der Waals surface area (Å²) in [5.74, 6) is 1.53. The molecule has 1 saturated heterocycles. The van der Waals surface area contributed by atoms with E-state index in [0.717, 1.165) is 18.7 Å². The number of ether oxygens (including phenoxy) is 4. The zero-order valence-corrected chi connectivity index (χ0v) is 14.7. The second kappa shape index (κ2) is 8.21. The number of piperidine rings is 1. The van der Waals surface area contributed by atoms with Crippen LogP contribution in [-0.4, -0.2) is 53.0 Å². The lowest BCUT2D eigenvalue weighted by atomic mass is 9.91. The summed E-state index contributed by atoms with van der Waals surface area (Å²) in [5.41, 5.74) is 0.0402. The maximum absolute atomic E-state index is 12.6. The minimum absolute atomic E-state index is 0.108. The van der Waals surface area contributed by atoms with Gasteiger partial charge in [-0.3, -0.25) is 4.79 Å². The molecule has 1 aromatic rings. The number of benzene rings is 1. The van der Waals surface area contributed by atoms with Gasteiger partial charge in [0.25, 0.3) is 5.91 Å². The Labute approximate surface area is 142 Å². The number of carbonyl (C=O) groups is 1. The Hall–Kier alpha value is -1.99. The number of rotatable bonds is 7. The average molecular weight is 338 g/mol. The molecule has 24 heavy (non-hydrogen) atoms. The van der Waals surface area contributed by atoms with Crippen molar-refractivity contribution in [2.75, 3.05) is 41.5 Å². The summed E-state index contributed by atoms with van der Waals surface area (Å²) in [4.78, 5) is 12.6. The molecule has 1 heterocycles. The van der Waals surface area contributed by atoms with Crippen LogP contribution in [0.25, 0.3) is 0 Å². The van der Waals surface area contributed by atoms with E-state index in [0.29, 0.717) is 36.6 Å². The van der Waals surface area contributed by atoms with Gasteiger partial charge >= 0.3 is 0 Å². The van der Waals surface area contributed by atoms with Gasteiger partial charge in [-0.1, -0.05) is 0 Å². The maximum Gasteiger partial charge on any atom is 0.252 e. The van der Waals surface area contributed by atoms with Gasteiger partial charge in [-0.05, 0) is 38.1 Å². The van der Waals surface area contributed by atoms with E-state index in [1.165, 1.54) is 0 Å². The van der Waals surface area contributed by atoms with E-state index >= 15 is 0 Å². The molecule has 0 aromatic heterocycles. The van der Waals surface area contributed by atoms with Crippen LogP contribution in [0.1, 0.15) is 18.4 Å². The highest BCUT2D eigenvalue weighted by molar-refractivity contribution is 5.85. The molecule has 2 rings (SSSR count). The quantitative estimate of drug-likeness (QED) is 0.775. The molecule has 1 aliphatic rings. The molecule has 134 valence electrons. The van der Waals surface area contributed by atoms with Gasteiger partial charge in [0.2, 0.25) is 5.75 Å². The zero-order valence-electron chi connectivity index (χ0n) is 14.7. The van der Waals surface area contributed by atoms with E-state index in [2.05, 4.69) is 10.6 Å². The second-order valence-corrected chi connectivity index (χ2v) is 5.62. The minimum atomic E-state index is -0.769. The Morgan fingerprint density at radius 2 is 1.75 bits per heavy atom. The Morgan fingerprint density at radius 3 is 2.29 bits per heavy atom. The molecule has 1 aromatic carbocycles. The summed E-state index contributed by atoms with van der Waals surface area (Å²) in [6.07, 6.45) is 1.30. The number of carbonyl (C=O) groups excluding carboxylic acids is 1. The zero-order chi connectivity index (χ0) is 17.6. The summed E-state index contributed by atoms with van der Waals surface area (Å²) in [7, 11) is 6.27. The van der Waals surface area contributed by atoms with Crippen molar-refractivity contribution >= 4 is 5.91 Å². The molecule has 0 bridgehead atoms. The van der Waals surface area contributed by atoms with E-state index in [1.807, 2.05) is 6.07 Å². The molecule has 2 N–H and O–H groups in total. The molecule has 0 aliphatic carbocycles. The fourth-order valence-electron chi connectivity index (χ4n) is 2.99. The Bertz CT molecular complexity index is 570. The van der Waals surface area contributed by atoms with Gasteiger partial charge in [0, 0.05) is 19.2 Å². The molecule has 0 radical (unpaired) electrons.